The minimum atomic E-state index is -0.0711. The average Bonchev–Trinajstić information content (AvgIpc) is 2.52. The summed E-state index contributed by atoms with van der Waals surface area (Å²) in [7, 11) is 0. The van der Waals surface area contributed by atoms with Crippen LogP contribution in [0, 0.1) is 16.6 Å². The molecular formula is C23H36ClFN2. The van der Waals surface area contributed by atoms with Crippen LogP contribution in [0.15, 0.2) is 24.3 Å². The molecule has 1 aliphatic carbocycles. The minimum Gasteiger partial charge on any atom is -0.368 e. The molecule has 0 aromatic heterocycles. The smallest absolute Gasteiger partial charge is 0.132 e. The lowest BCUT2D eigenvalue weighted by molar-refractivity contribution is 0.228. The maximum atomic E-state index is 15.0. The second-order valence-corrected chi connectivity index (χ2v) is 9.64. The van der Waals surface area contributed by atoms with E-state index in [0.717, 1.165) is 56.8 Å². The van der Waals surface area contributed by atoms with Gasteiger partial charge in [0.1, 0.15) is 5.82 Å². The van der Waals surface area contributed by atoms with E-state index in [2.05, 4.69) is 56.6 Å². The summed E-state index contributed by atoms with van der Waals surface area (Å²) in [5, 5.41) is 0. The lowest BCUT2D eigenvalue weighted by atomic mass is 9.65. The molecule has 0 saturated carbocycles. The number of nitrogens with zero attached hydrogens (tertiary/aromatic N) is 2. The summed E-state index contributed by atoms with van der Waals surface area (Å²) in [5.74, 6) is -0.0711. The van der Waals surface area contributed by atoms with Crippen LogP contribution in [0.2, 0.25) is 0 Å². The van der Waals surface area contributed by atoms with Crippen LogP contribution in [0.5, 0.6) is 0 Å². The van der Waals surface area contributed by atoms with Crippen LogP contribution in [0.25, 0.3) is 5.57 Å². The fourth-order valence-corrected chi connectivity index (χ4v) is 5.17. The molecule has 4 heteroatoms. The van der Waals surface area contributed by atoms with Crippen molar-refractivity contribution in [3.05, 3.63) is 35.7 Å². The average molecular weight is 395 g/mol. The van der Waals surface area contributed by atoms with Crippen molar-refractivity contribution in [1.29, 1.82) is 0 Å². The van der Waals surface area contributed by atoms with Gasteiger partial charge in [0, 0.05) is 37.4 Å². The predicted molar refractivity (Wildman–Crippen MR) is 117 cm³/mol. The van der Waals surface area contributed by atoms with Gasteiger partial charge in [-0.15, -0.1) is 12.4 Å². The Hall–Kier alpha value is -1.06. The third-order valence-electron chi connectivity index (χ3n) is 5.73. The molecule has 2 aliphatic rings. The van der Waals surface area contributed by atoms with Crippen molar-refractivity contribution in [3.8, 4) is 0 Å². The second kappa shape index (κ2) is 8.53. The van der Waals surface area contributed by atoms with Crippen molar-refractivity contribution < 1.29 is 4.39 Å². The zero-order valence-electron chi connectivity index (χ0n) is 17.6. The van der Waals surface area contributed by atoms with Crippen LogP contribution < -0.4 is 4.90 Å². The van der Waals surface area contributed by atoms with E-state index in [1.807, 2.05) is 6.07 Å². The third kappa shape index (κ3) is 5.26. The molecule has 0 radical (unpaired) electrons. The van der Waals surface area contributed by atoms with Crippen molar-refractivity contribution in [1.82, 2.24) is 4.90 Å². The molecule has 0 N–H and O–H groups in total. The zero-order chi connectivity index (χ0) is 18.9. The van der Waals surface area contributed by atoms with E-state index in [-0.39, 0.29) is 29.1 Å². The van der Waals surface area contributed by atoms with Gasteiger partial charge in [-0.3, -0.25) is 4.90 Å². The Morgan fingerprint density at radius 1 is 1.04 bits per heavy atom. The van der Waals surface area contributed by atoms with E-state index in [4.69, 9.17) is 0 Å². The first kappa shape index (κ1) is 22.2. The molecule has 0 atom stereocenters. The van der Waals surface area contributed by atoms with Crippen molar-refractivity contribution in [2.45, 2.75) is 53.9 Å². The number of rotatable bonds is 4. The van der Waals surface area contributed by atoms with Gasteiger partial charge in [-0.2, -0.15) is 0 Å². The topological polar surface area (TPSA) is 6.48 Å². The monoisotopic (exact) mass is 394 g/mol. The Bertz CT molecular complexity index is 673. The molecule has 152 valence electrons. The SMILES string of the molecule is CCCN1CCN(c2cccc(F)c2C2=CC(C)(C)CC(C)(C)C2)CC1.Cl. The molecule has 1 aromatic carbocycles. The molecule has 27 heavy (non-hydrogen) atoms. The summed E-state index contributed by atoms with van der Waals surface area (Å²) in [6, 6.07) is 5.61. The lowest BCUT2D eigenvalue weighted by Gasteiger charge is -2.41. The first-order valence-corrected chi connectivity index (χ1v) is 10.2. The number of halogens is 2. The Labute approximate surface area is 171 Å². The van der Waals surface area contributed by atoms with Gasteiger partial charge in [-0.25, -0.2) is 4.39 Å². The number of hydrogen-bond acceptors (Lipinski definition) is 2. The zero-order valence-corrected chi connectivity index (χ0v) is 18.5. The number of hydrogen-bond donors (Lipinski definition) is 0. The van der Waals surface area contributed by atoms with Crippen LogP contribution in [0.4, 0.5) is 10.1 Å². The van der Waals surface area contributed by atoms with Crippen molar-refractivity contribution in [3.63, 3.8) is 0 Å². The van der Waals surface area contributed by atoms with E-state index in [9.17, 15) is 0 Å². The molecular weight excluding hydrogens is 359 g/mol. The van der Waals surface area contributed by atoms with E-state index >= 15 is 4.39 Å². The van der Waals surface area contributed by atoms with Crippen LogP contribution in [-0.2, 0) is 0 Å². The van der Waals surface area contributed by atoms with Gasteiger partial charge in [0.25, 0.3) is 0 Å². The summed E-state index contributed by atoms with van der Waals surface area (Å²) in [6.07, 6.45) is 5.61. The number of anilines is 1. The quantitative estimate of drug-likeness (QED) is 0.617. The van der Waals surface area contributed by atoms with Gasteiger partial charge in [0.05, 0.1) is 0 Å². The molecule has 2 nitrogen and oxygen atoms in total. The molecule has 0 bridgehead atoms. The third-order valence-corrected chi connectivity index (χ3v) is 5.73. The van der Waals surface area contributed by atoms with Gasteiger partial charge in [-0.1, -0.05) is 46.8 Å². The maximum Gasteiger partial charge on any atom is 0.132 e. The van der Waals surface area contributed by atoms with Crippen LogP contribution in [0.3, 0.4) is 0 Å². The number of benzene rings is 1. The van der Waals surface area contributed by atoms with Crippen molar-refractivity contribution in [2.24, 2.45) is 10.8 Å². The van der Waals surface area contributed by atoms with Gasteiger partial charge < -0.3 is 4.90 Å². The molecule has 1 fully saturated rings. The number of piperazine rings is 1. The fourth-order valence-electron chi connectivity index (χ4n) is 5.17. The van der Waals surface area contributed by atoms with Crippen LogP contribution in [-0.4, -0.2) is 37.6 Å². The largest absolute Gasteiger partial charge is 0.368 e. The molecule has 1 aliphatic heterocycles. The summed E-state index contributed by atoms with van der Waals surface area (Å²) in [4.78, 5) is 4.90. The Morgan fingerprint density at radius 2 is 1.70 bits per heavy atom. The maximum absolute atomic E-state index is 15.0. The van der Waals surface area contributed by atoms with Crippen molar-refractivity contribution in [2.75, 3.05) is 37.6 Å². The highest BCUT2D eigenvalue weighted by atomic mass is 35.5. The van der Waals surface area contributed by atoms with E-state index in [0.29, 0.717) is 0 Å². The molecule has 0 spiro atoms. The summed E-state index contributed by atoms with van der Waals surface area (Å²) in [6.45, 7) is 16.7. The minimum absolute atomic E-state index is 0. The molecule has 0 unspecified atom stereocenters. The first-order valence-electron chi connectivity index (χ1n) is 10.2. The summed E-state index contributed by atoms with van der Waals surface area (Å²) >= 11 is 0. The Balaban J connectivity index is 0.00000261. The number of allylic oxidation sites excluding steroid dienone is 2. The predicted octanol–water partition coefficient (Wildman–Crippen LogP) is 6.01. The van der Waals surface area contributed by atoms with E-state index < -0.39 is 0 Å². The fraction of sp³-hybridized carbons (Fsp3) is 0.652. The normalized spacial score (nSPS) is 22.1. The standard InChI is InChI=1S/C23H35FN2.ClH/c1-6-10-25-11-13-26(14-12-25)20-9-7-8-19(24)21(20)18-15-22(2,3)17-23(4,5)16-18;/h7-9,15H,6,10-14,16-17H2,1-5H3;1H. The van der Waals surface area contributed by atoms with E-state index in [1.54, 1.807) is 6.07 Å². The van der Waals surface area contributed by atoms with E-state index in [1.165, 1.54) is 12.0 Å². The highest BCUT2D eigenvalue weighted by Gasteiger charge is 2.35. The first-order chi connectivity index (χ1) is 12.2. The second-order valence-electron chi connectivity index (χ2n) is 9.64. The van der Waals surface area contributed by atoms with Gasteiger partial charge >= 0.3 is 0 Å². The summed E-state index contributed by atoms with van der Waals surface area (Å²) in [5.41, 5.74) is 3.43. The molecule has 3 rings (SSSR count). The molecule has 0 amide bonds. The highest BCUT2D eigenvalue weighted by molar-refractivity contribution is 5.85. The Morgan fingerprint density at radius 3 is 2.30 bits per heavy atom. The molecule has 1 saturated heterocycles. The molecule has 1 aromatic rings. The highest BCUT2D eigenvalue weighted by Crippen LogP contribution is 2.49. The lowest BCUT2D eigenvalue weighted by Crippen LogP contribution is -2.46. The van der Waals surface area contributed by atoms with Crippen molar-refractivity contribution >= 4 is 23.7 Å². The Kier molecular flexibility index (Phi) is 7.02. The van der Waals surface area contributed by atoms with Gasteiger partial charge in [0.15, 0.2) is 0 Å². The van der Waals surface area contributed by atoms with Gasteiger partial charge in [-0.05, 0) is 54.3 Å². The van der Waals surface area contributed by atoms with Crippen LogP contribution >= 0.6 is 12.4 Å². The molecule has 1 heterocycles. The van der Waals surface area contributed by atoms with Crippen LogP contribution in [0.1, 0.15) is 59.4 Å². The summed E-state index contributed by atoms with van der Waals surface area (Å²) < 4.78 is 15.0. The van der Waals surface area contributed by atoms with Gasteiger partial charge in [0.2, 0.25) is 0 Å².